The molecule has 0 saturated heterocycles. The molecule has 3 aromatic rings. The van der Waals surface area contributed by atoms with Crippen LogP contribution in [0.1, 0.15) is 34.8 Å². The number of carbonyl (C=O) groups excluding carboxylic acids is 1. The maximum atomic E-state index is 12.4. The third-order valence-electron chi connectivity index (χ3n) is 3.70. The van der Waals surface area contributed by atoms with Gasteiger partial charge in [0.05, 0.1) is 11.9 Å². The van der Waals surface area contributed by atoms with Gasteiger partial charge in [-0.2, -0.15) is 0 Å². The first-order chi connectivity index (χ1) is 13.7. The van der Waals surface area contributed by atoms with Crippen molar-refractivity contribution in [3.05, 3.63) is 54.1 Å². The first-order valence-electron chi connectivity index (χ1n) is 8.44. The number of aromatic nitrogens is 4. The molecule has 0 aliphatic heterocycles. The predicted octanol–water partition coefficient (Wildman–Crippen LogP) is 1.23. The molecule has 0 fully saturated rings. The molecule has 0 saturated carbocycles. The number of rotatable bonds is 7. The van der Waals surface area contributed by atoms with Gasteiger partial charge in [-0.15, -0.1) is 5.10 Å². The van der Waals surface area contributed by atoms with Gasteiger partial charge in [0.2, 0.25) is 10.0 Å². The lowest BCUT2D eigenvalue weighted by Crippen LogP contribution is -2.29. The number of sulfonamides is 1. The number of hydrogen-bond donors (Lipinski definition) is 4. The molecule has 0 unspecified atom stereocenters. The Labute approximate surface area is 165 Å². The molecule has 0 bridgehead atoms. The summed E-state index contributed by atoms with van der Waals surface area (Å²) >= 11 is 0. The third kappa shape index (κ3) is 4.67. The number of hydrogen-bond acceptors (Lipinski definition) is 6. The van der Waals surface area contributed by atoms with Crippen LogP contribution in [0.25, 0.3) is 5.69 Å². The van der Waals surface area contributed by atoms with Crippen molar-refractivity contribution in [2.24, 2.45) is 0 Å². The highest BCUT2D eigenvalue weighted by Crippen LogP contribution is 2.16. The lowest BCUT2D eigenvalue weighted by atomic mass is 10.2. The van der Waals surface area contributed by atoms with Crippen LogP contribution in [-0.2, 0) is 10.0 Å². The normalized spacial score (nSPS) is 11.6. The Balaban J connectivity index is 1.70. The van der Waals surface area contributed by atoms with E-state index < -0.39 is 21.9 Å². The summed E-state index contributed by atoms with van der Waals surface area (Å²) in [6.45, 7) is 3.40. The Hall–Kier alpha value is -3.51. The standard InChI is InChI=1S/C17H18N6O5S/c1-10(2)21-29(27,28)13-7-14(18-8-13)16(24)19-11-3-5-12(6-4-11)23-9-15(17(25)26)20-22-23/h3-10,18,21H,1-2H3,(H,19,24)(H,25,26). The number of carbonyl (C=O) groups is 2. The van der Waals surface area contributed by atoms with E-state index in [4.69, 9.17) is 5.11 Å². The first kappa shape index (κ1) is 20.2. The number of aromatic carboxylic acids is 1. The van der Waals surface area contributed by atoms with Crippen LogP contribution in [0.4, 0.5) is 5.69 Å². The van der Waals surface area contributed by atoms with Gasteiger partial charge in [-0.3, -0.25) is 4.79 Å². The smallest absolute Gasteiger partial charge is 0.358 e. The van der Waals surface area contributed by atoms with Crippen molar-refractivity contribution < 1.29 is 23.1 Å². The number of nitrogens with zero attached hydrogens (tertiary/aromatic N) is 3. The third-order valence-corrected chi connectivity index (χ3v) is 5.34. The zero-order valence-electron chi connectivity index (χ0n) is 15.4. The molecular weight excluding hydrogens is 400 g/mol. The summed E-state index contributed by atoms with van der Waals surface area (Å²) in [7, 11) is -3.70. The minimum absolute atomic E-state index is 0.0351. The van der Waals surface area contributed by atoms with E-state index in [1.165, 1.54) is 23.1 Å². The maximum Gasteiger partial charge on any atom is 0.358 e. The van der Waals surface area contributed by atoms with Crippen molar-refractivity contribution in [3.8, 4) is 5.69 Å². The number of benzene rings is 1. The molecule has 11 nitrogen and oxygen atoms in total. The van der Waals surface area contributed by atoms with E-state index in [-0.39, 0.29) is 22.3 Å². The Morgan fingerprint density at radius 2 is 1.90 bits per heavy atom. The second kappa shape index (κ2) is 7.85. The number of aromatic amines is 1. The molecule has 0 aliphatic rings. The SMILES string of the molecule is CC(C)NS(=O)(=O)c1c[nH]c(C(=O)Nc2ccc(-n3cc(C(=O)O)nn3)cc2)c1. The molecule has 2 aromatic heterocycles. The summed E-state index contributed by atoms with van der Waals surface area (Å²) in [6, 6.07) is 7.39. The van der Waals surface area contributed by atoms with Crippen LogP contribution >= 0.6 is 0 Å². The molecule has 12 heteroatoms. The fraction of sp³-hybridized carbons (Fsp3) is 0.176. The zero-order chi connectivity index (χ0) is 21.2. The summed E-state index contributed by atoms with van der Waals surface area (Å²) in [4.78, 5) is 25.8. The van der Waals surface area contributed by atoms with Crippen molar-refractivity contribution in [1.82, 2.24) is 24.7 Å². The number of nitrogens with one attached hydrogen (secondary N) is 3. The van der Waals surface area contributed by atoms with E-state index in [2.05, 4.69) is 25.3 Å². The molecule has 0 aliphatic carbocycles. The van der Waals surface area contributed by atoms with Crippen molar-refractivity contribution in [2.45, 2.75) is 24.8 Å². The molecule has 3 rings (SSSR count). The van der Waals surface area contributed by atoms with Gasteiger partial charge in [0, 0.05) is 17.9 Å². The Morgan fingerprint density at radius 3 is 2.48 bits per heavy atom. The highest BCUT2D eigenvalue weighted by atomic mass is 32.2. The lowest BCUT2D eigenvalue weighted by Gasteiger charge is -2.07. The van der Waals surface area contributed by atoms with E-state index in [9.17, 15) is 18.0 Å². The van der Waals surface area contributed by atoms with Crippen LogP contribution in [0.3, 0.4) is 0 Å². The second-order valence-electron chi connectivity index (χ2n) is 6.38. The van der Waals surface area contributed by atoms with Crippen molar-refractivity contribution in [3.63, 3.8) is 0 Å². The minimum atomic E-state index is -3.70. The molecule has 152 valence electrons. The van der Waals surface area contributed by atoms with Gasteiger partial charge < -0.3 is 15.4 Å². The second-order valence-corrected chi connectivity index (χ2v) is 8.09. The lowest BCUT2D eigenvalue weighted by molar-refractivity contribution is 0.0690. The summed E-state index contributed by atoms with van der Waals surface area (Å²) in [5, 5.41) is 18.8. The van der Waals surface area contributed by atoms with Crippen LogP contribution in [0.15, 0.2) is 47.6 Å². The molecule has 29 heavy (non-hydrogen) atoms. The van der Waals surface area contributed by atoms with Crippen LogP contribution < -0.4 is 10.0 Å². The van der Waals surface area contributed by atoms with Crippen LogP contribution in [0.2, 0.25) is 0 Å². The zero-order valence-corrected chi connectivity index (χ0v) is 16.3. The van der Waals surface area contributed by atoms with Crippen LogP contribution in [0.5, 0.6) is 0 Å². The van der Waals surface area contributed by atoms with Gasteiger partial charge in [0.1, 0.15) is 10.6 Å². The molecule has 0 spiro atoms. The Kier molecular flexibility index (Phi) is 5.48. The van der Waals surface area contributed by atoms with E-state index in [1.807, 2.05) is 0 Å². The number of amides is 1. The van der Waals surface area contributed by atoms with Gasteiger partial charge in [-0.25, -0.2) is 22.6 Å². The summed E-state index contributed by atoms with van der Waals surface area (Å²) in [5.74, 6) is -1.70. The highest BCUT2D eigenvalue weighted by molar-refractivity contribution is 7.89. The average molecular weight is 418 g/mol. The van der Waals surface area contributed by atoms with E-state index in [0.29, 0.717) is 11.4 Å². The van der Waals surface area contributed by atoms with Gasteiger partial charge in [-0.05, 0) is 44.2 Å². The quantitative estimate of drug-likeness (QED) is 0.449. The van der Waals surface area contributed by atoms with E-state index >= 15 is 0 Å². The maximum absolute atomic E-state index is 12.4. The highest BCUT2D eigenvalue weighted by Gasteiger charge is 2.19. The van der Waals surface area contributed by atoms with Gasteiger partial charge >= 0.3 is 5.97 Å². The summed E-state index contributed by atoms with van der Waals surface area (Å²) in [5.41, 5.74) is 0.903. The number of carboxylic acid groups (broad SMARTS) is 1. The van der Waals surface area contributed by atoms with E-state index in [1.54, 1.807) is 38.1 Å². The van der Waals surface area contributed by atoms with Crippen LogP contribution in [0, 0.1) is 0 Å². The summed E-state index contributed by atoms with van der Waals surface area (Å²) < 4.78 is 28.0. The molecule has 0 radical (unpaired) electrons. The molecule has 4 N–H and O–H groups in total. The summed E-state index contributed by atoms with van der Waals surface area (Å²) in [6.07, 6.45) is 2.51. The van der Waals surface area contributed by atoms with E-state index in [0.717, 1.165) is 0 Å². The van der Waals surface area contributed by atoms with Crippen molar-refractivity contribution in [1.29, 1.82) is 0 Å². The monoisotopic (exact) mass is 418 g/mol. The molecule has 2 heterocycles. The fourth-order valence-corrected chi connectivity index (χ4v) is 3.67. The van der Waals surface area contributed by atoms with Crippen molar-refractivity contribution in [2.75, 3.05) is 5.32 Å². The predicted molar refractivity (Wildman–Crippen MR) is 103 cm³/mol. The molecular formula is C17H18N6O5S. The topological polar surface area (TPSA) is 159 Å². The molecule has 1 amide bonds. The minimum Gasteiger partial charge on any atom is -0.476 e. The van der Waals surface area contributed by atoms with Gasteiger partial charge in [0.15, 0.2) is 5.69 Å². The van der Waals surface area contributed by atoms with Crippen LogP contribution in [-0.4, -0.2) is 51.4 Å². The van der Waals surface area contributed by atoms with Crippen molar-refractivity contribution >= 4 is 27.6 Å². The first-order valence-corrected chi connectivity index (χ1v) is 9.92. The number of carboxylic acids is 1. The number of anilines is 1. The molecule has 0 atom stereocenters. The number of H-pyrrole nitrogens is 1. The fourth-order valence-electron chi connectivity index (χ4n) is 2.42. The largest absolute Gasteiger partial charge is 0.476 e. The Morgan fingerprint density at radius 1 is 1.21 bits per heavy atom. The van der Waals surface area contributed by atoms with Gasteiger partial charge in [0.25, 0.3) is 5.91 Å². The Bertz CT molecular complexity index is 1150. The molecule has 1 aromatic carbocycles. The van der Waals surface area contributed by atoms with Gasteiger partial charge in [-0.1, -0.05) is 5.21 Å². The average Bonchev–Trinajstić information content (AvgIpc) is 3.32.